The zero-order valence-electron chi connectivity index (χ0n) is 10.4. The first-order valence-electron chi connectivity index (χ1n) is 5.82. The first-order valence-corrected chi connectivity index (χ1v) is 5.82. The summed E-state index contributed by atoms with van der Waals surface area (Å²) in [7, 11) is 1.60. The number of nitrogens with one attached hydrogen (secondary N) is 2. The van der Waals surface area contributed by atoms with E-state index in [1.54, 1.807) is 25.3 Å². The third-order valence-electron chi connectivity index (χ3n) is 2.97. The van der Waals surface area contributed by atoms with Crippen molar-refractivity contribution in [1.82, 2.24) is 10.6 Å². The minimum Gasteiger partial charge on any atom is -0.496 e. The van der Waals surface area contributed by atoms with Crippen molar-refractivity contribution in [3.63, 3.8) is 0 Å². The molecular formula is C13H16N2O3. The lowest BCUT2D eigenvalue weighted by molar-refractivity contribution is -0.119. The summed E-state index contributed by atoms with van der Waals surface area (Å²) in [6, 6.07) is 5.14. The van der Waals surface area contributed by atoms with Gasteiger partial charge in [-0.05, 0) is 30.7 Å². The van der Waals surface area contributed by atoms with Crippen LogP contribution < -0.4 is 15.4 Å². The fourth-order valence-corrected chi connectivity index (χ4v) is 2.00. The van der Waals surface area contributed by atoms with Crippen molar-refractivity contribution >= 4 is 11.8 Å². The Labute approximate surface area is 106 Å². The molecule has 5 nitrogen and oxygen atoms in total. The van der Waals surface area contributed by atoms with Crippen LogP contribution in [0.15, 0.2) is 18.2 Å². The number of hydrogen-bond donors (Lipinski definition) is 2. The van der Waals surface area contributed by atoms with Crippen molar-refractivity contribution < 1.29 is 14.3 Å². The second-order valence-corrected chi connectivity index (χ2v) is 4.36. The van der Waals surface area contributed by atoms with E-state index >= 15 is 0 Å². The van der Waals surface area contributed by atoms with Gasteiger partial charge >= 0.3 is 0 Å². The molecule has 0 saturated carbocycles. The molecule has 1 fully saturated rings. The Hall–Kier alpha value is -2.04. The number of methoxy groups -OCH3 is 1. The van der Waals surface area contributed by atoms with Crippen LogP contribution in [0.1, 0.15) is 22.3 Å². The molecule has 1 heterocycles. The maximum atomic E-state index is 12.0. The summed E-state index contributed by atoms with van der Waals surface area (Å²) in [5.74, 6) is 0.567. The first kappa shape index (κ1) is 12.4. The molecule has 1 aromatic carbocycles. The third-order valence-corrected chi connectivity index (χ3v) is 2.97. The number of carbonyl (C=O) groups is 2. The van der Waals surface area contributed by atoms with Crippen molar-refractivity contribution in [2.75, 3.05) is 13.7 Å². The summed E-state index contributed by atoms with van der Waals surface area (Å²) in [5, 5.41) is 5.51. The number of ether oxygens (including phenoxy) is 1. The van der Waals surface area contributed by atoms with E-state index in [1.807, 2.05) is 6.92 Å². The van der Waals surface area contributed by atoms with Crippen molar-refractivity contribution in [2.24, 2.45) is 0 Å². The van der Waals surface area contributed by atoms with E-state index < -0.39 is 0 Å². The van der Waals surface area contributed by atoms with Crippen LogP contribution in [0.2, 0.25) is 0 Å². The minimum atomic E-state index is -0.165. The first-order chi connectivity index (χ1) is 8.60. The predicted molar refractivity (Wildman–Crippen MR) is 66.6 cm³/mol. The van der Waals surface area contributed by atoms with Gasteiger partial charge in [0.2, 0.25) is 5.91 Å². The number of hydrogen-bond acceptors (Lipinski definition) is 3. The lowest BCUT2D eigenvalue weighted by atomic mass is 10.1. The summed E-state index contributed by atoms with van der Waals surface area (Å²) in [4.78, 5) is 23.0. The zero-order chi connectivity index (χ0) is 13.1. The Balaban J connectivity index is 2.05. The highest BCUT2D eigenvalue weighted by Crippen LogP contribution is 2.18. The van der Waals surface area contributed by atoms with Gasteiger partial charge in [0.15, 0.2) is 0 Å². The van der Waals surface area contributed by atoms with Crippen LogP contribution in [-0.4, -0.2) is 31.5 Å². The molecule has 2 rings (SSSR count). The number of carbonyl (C=O) groups excluding carboxylic acids is 2. The topological polar surface area (TPSA) is 67.4 Å². The van der Waals surface area contributed by atoms with E-state index in [9.17, 15) is 9.59 Å². The average molecular weight is 248 g/mol. The number of aryl methyl sites for hydroxylation is 1. The lowest BCUT2D eigenvalue weighted by Crippen LogP contribution is -2.36. The normalized spacial score (nSPS) is 18.3. The Morgan fingerprint density at radius 1 is 1.50 bits per heavy atom. The molecular weight excluding hydrogens is 232 g/mol. The van der Waals surface area contributed by atoms with Crippen molar-refractivity contribution in [3.8, 4) is 5.75 Å². The standard InChI is InChI=1S/C13H16N2O3/c1-8-5-9(3-4-11(8)18-2)13(17)15-10-6-12(16)14-7-10/h3-5,10H,6-7H2,1-2H3,(H,14,16)(H,15,17). The van der Waals surface area contributed by atoms with Crippen LogP contribution in [0.25, 0.3) is 0 Å². The van der Waals surface area contributed by atoms with Gasteiger partial charge in [0.1, 0.15) is 5.75 Å². The van der Waals surface area contributed by atoms with E-state index in [-0.39, 0.29) is 17.9 Å². The predicted octanol–water partition coefficient (Wildman–Crippen LogP) is 0.622. The summed E-state index contributed by atoms with van der Waals surface area (Å²) in [6.07, 6.45) is 0.348. The Morgan fingerprint density at radius 2 is 2.28 bits per heavy atom. The molecule has 1 aliphatic rings. The number of benzene rings is 1. The summed E-state index contributed by atoms with van der Waals surface area (Å²) in [5.41, 5.74) is 1.48. The van der Waals surface area contributed by atoms with E-state index in [0.29, 0.717) is 18.5 Å². The van der Waals surface area contributed by atoms with Gasteiger partial charge in [0.05, 0.1) is 13.2 Å². The Morgan fingerprint density at radius 3 is 2.83 bits per heavy atom. The highest BCUT2D eigenvalue weighted by Gasteiger charge is 2.23. The summed E-state index contributed by atoms with van der Waals surface area (Å²) in [6.45, 7) is 2.38. The quantitative estimate of drug-likeness (QED) is 0.824. The van der Waals surface area contributed by atoms with Gasteiger partial charge in [-0.3, -0.25) is 9.59 Å². The van der Waals surface area contributed by atoms with Crippen LogP contribution in [0.3, 0.4) is 0 Å². The molecule has 1 atom stereocenters. The van der Waals surface area contributed by atoms with Crippen LogP contribution >= 0.6 is 0 Å². The van der Waals surface area contributed by atoms with Gasteiger partial charge in [0, 0.05) is 18.5 Å². The molecule has 0 bridgehead atoms. The molecule has 5 heteroatoms. The molecule has 0 radical (unpaired) electrons. The molecule has 0 aromatic heterocycles. The number of amides is 2. The van der Waals surface area contributed by atoms with Gasteiger partial charge in [0.25, 0.3) is 5.91 Å². The molecule has 0 aliphatic carbocycles. The highest BCUT2D eigenvalue weighted by atomic mass is 16.5. The molecule has 0 spiro atoms. The third kappa shape index (κ3) is 2.61. The molecule has 1 unspecified atom stereocenters. The highest BCUT2D eigenvalue weighted by molar-refractivity contribution is 5.95. The SMILES string of the molecule is COc1ccc(C(=O)NC2CNC(=O)C2)cc1C. The van der Waals surface area contributed by atoms with E-state index in [1.165, 1.54) is 0 Å². The van der Waals surface area contributed by atoms with Crippen molar-refractivity contribution in [3.05, 3.63) is 29.3 Å². The maximum absolute atomic E-state index is 12.0. The van der Waals surface area contributed by atoms with E-state index in [2.05, 4.69) is 10.6 Å². The second-order valence-electron chi connectivity index (χ2n) is 4.36. The Kier molecular flexibility index (Phi) is 3.50. The molecule has 1 aromatic rings. The van der Waals surface area contributed by atoms with Crippen LogP contribution in [0.4, 0.5) is 0 Å². The van der Waals surface area contributed by atoms with E-state index in [4.69, 9.17) is 4.74 Å². The lowest BCUT2D eigenvalue weighted by Gasteiger charge is -2.11. The van der Waals surface area contributed by atoms with Crippen LogP contribution in [0.5, 0.6) is 5.75 Å². The smallest absolute Gasteiger partial charge is 0.251 e. The molecule has 2 amide bonds. The zero-order valence-corrected chi connectivity index (χ0v) is 10.4. The van der Waals surface area contributed by atoms with Gasteiger partial charge < -0.3 is 15.4 Å². The average Bonchev–Trinajstić information content (AvgIpc) is 2.74. The number of rotatable bonds is 3. The molecule has 1 saturated heterocycles. The van der Waals surface area contributed by atoms with Gasteiger partial charge in [-0.15, -0.1) is 0 Å². The van der Waals surface area contributed by atoms with Gasteiger partial charge in [-0.1, -0.05) is 0 Å². The fraction of sp³-hybridized carbons (Fsp3) is 0.385. The Bertz CT molecular complexity index is 485. The summed E-state index contributed by atoms with van der Waals surface area (Å²) < 4.78 is 5.14. The van der Waals surface area contributed by atoms with Gasteiger partial charge in [-0.2, -0.15) is 0 Å². The molecule has 1 aliphatic heterocycles. The second kappa shape index (κ2) is 5.08. The fourth-order valence-electron chi connectivity index (χ4n) is 2.00. The molecule has 2 N–H and O–H groups in total. The molecule has 18 heavy (non-hydrogen) atoms. The van der Waals surface area contributed by atoms with E-state index in [0.717, 1.165) is 11.3 Å². The van der Waals surface area contributed by atoms with Gasteiger partial charge in [-0.25, -0.2) is 0 Å². The maximum Gasteiger partial charge on any atom is 0.251 e. The monoisotopic (exact) mass is 248 g/mol. The van der Waals surface area contributed by atoms with Crippen molar-refractivity contribution in [1.29, 1.82) is 0 Å². The summed E-state index contributed by atoms with van der Waals surface area (Å²) >= 11 is 0. The van der Waals surface area contributed by atoms with Crippen LogP contribution in [0, 0.1) is 6.92 Å². The largest absolute Gasteiger partial charge is 0.496 e. The van der Waals surface area contributed by atoms with Crippen LogP contribution in [-0.2, 0) is 4.79 Å². The minimum absolute atomic E-state index is 0.0220. The van der Waals surface area contributed by atoms with Crippen molar-refractivity contribution in [2.45, 2.75) is 19.4 Å². The molecule has 96 valence electrons.